The SMILES string of the molecule is [B]CC(=O)C(CC)N(CC)CCC. The number of nitrogens with zero attached hydrogens (tertiary/aromatic N) is 1. The van der Waals surface area contributed by atoms with E-state index in [4.69, 9.17) is 7.85 Å². The van der Waals surface area contributed by atoms with Crippen LogP contribution in [0.15, 0.2) is 0 Å². The zero-order chi connectivity index (χ0) is 10.3. The number of hydrogen-bond donors (Lipinski definition) is 0. The first-order chi connectivity index (χ1) is 6.21. The molecule has 0 aliphatic heterocycles. The molecule has 0 aromatic carbocycles. The molecular weight excluding hydrogens is 161 g/mol. The number of hydrogen-bond acceptors (Lipinski definition) is 2. The quantitative estimate of drug-likeness (QED) is 0.556. The fourth-order valence-electron chi connectivity index (χ4n) is 1.65. The molecule has 0 spiro atoms. The maximum absolute atomic E-state index is 11.5. The molecule has 0 amide bonds. The molecule has 0 saturated carbocycles. The van der Waals surface area contributed by atoms with E-state index < -0.39 is 0 Å². The summed E-state index contributed by atoms with van der Waals surface area (Å²) in [6.45, 7) is 8.17. The van der Waals surface area contributed by atoms with Gasteiger partial charge in [-0.2, -0.15) is 0 Å². The second-order valence-corrected chi connectivity index (χ2v) is 3.22. The number of ketones is 1. The number of Topliss-reactive ketones (excluding diaryl/α,β-unsaturated/α-hetero) is 1. The standard InChI is InChI=1S/C10H20BNO/c1-4-7-12(6-3)9(5-2)10(13)8-11/h9H,4-8H2,1-3H3. The monoisotopic (exact) mass is 181 g/mol. The van der Waals surface area contributed by atoms with Crippen molar-refractivity contribution >= 4 is 13.6 Å². The van der Waals surface area contributed by atoms with E-state index in [-0.39, 0.29) is 18.1 Å². The first-order valence-corrected chi connectivity index (χ1v) is 5.17. The van der Waals surface area contributed by atoms with Crippen molar-refractivity contribution in [2.75, 3.05) is 13.1 Å². The first kappa shape index (κ1) is 12.7. The minimum Gasteiger partial charge on any atom is -0.299 e. The van der Waals surface area contributed by atoms with Gasteiger partial charge in [0.15, 0.2) is 0 Å². The van der Waals surface area contributed by atoms with Crippen molar-refractivity contribution in [3.8, 4) is 0 Å². The smallest absolute Gasteiger partial charge is 0.141 e. The van der Waals surface area contributed by atoms with E-state index in [1.165, 1.54) is 0 Å². The molecule has 0 heterocycles. The Morgan fingerprint density at radius 1 is 1.38 bits per heavy atom. The minimum atomic E-state index is 0.0370. The Bertz CT molecular complexity index is 150. The number of carbonyl (C=O) groups excluding carboxylic acids is 1. The molecule has 2 nitrogen and oxygen atoms in total. The van der Waals surface area contributed by atoms with Gasteiger partial charge in [-0.05, 0) is 32.3 Å². The Balaban J connectivity index is 4.23. The Hall–Kier alpha value is -0.305. The van der Waals surface area contributed by atoms with E-state index >= 15 is 0 Å². The van der Waals surface area contributed by atoms with Gasteiger partial charge in [-0.3, -0.25) is 9.69 Å². The van der Waals surface area contributed by atoms with Crippen LogP contribution in [0.5, 0.6) is 0 Å². The van der Waals surface area contributed by atoms with Gasteiger partial charge in [0.25, 0.3) is 0 Å². The van der Waals surface area contributed by atoms with Crippen LogP contribution in [0.4, 0.5) is 0 Å². The lowest BCUT2D eigenvalue weighted by Crippen LogP contribution is -2.40. The van der Waals surface area contributed by atoms with Crippen LogP contribution in [0.1, 0.15) is 33.6 Å². The maximum atomic E-state index is 11.5. The molecule has 0 rings (SSSR count). The summed E-state index contributed by atoms with van der Waals surface area (Å²) in [4.78, 5) is 13.7. The predicted molar refractivity (Wildman–Crippen MR) is 57.2 cm³/mol. The summed E-state index contributed by atoms with van der Waals surface area (Å²) in [5.74, 6) is 0.165. The highest BCUT2D eigenvalue weighted by Crippen LogP contribution is 2.07. The Morgan fingerprint density at radius 2 is 2.00 bits per heavy atom. The predicted octanol–water partition coefficient (Wildman–Crippen LogP) is 1.65. The summed E-state index contributed by atoms with van der Waals surface area (Å²) in [7, 11) is 5.36. The van der Waals surface area contributed by atoms with Crippen LogP contribution < -0.4 is 0 Å². The van der Waals surface area contributed by atoms with Gasteiger partial charge in [-0.1, -0.05) is 20.8 Å². The molecule has 1 atom stereocenters. The molecule has 0 fully saturated rings. The molecule has 2 radical (unpaired) electrons. The largest absolute Gasteiger partial charge is 0.299 e. The lowest BCUT2D eigenvalue weighted by Gasteiger charge is -2.28. The van der Waals surface area contributed by atoms with Crippen LogP contribution >= 0.6 is 0 Å². The molecule has 0 aliphatic rings. The van der Waals surface area contributed by atoms with Gasteiger partial charge in [-0.15, -0.1) is 0 Å². The maximum Gasteiger partial charge on any atom is 0.141 e. The van der Waals surface area contributed by atoms with Crippen molar-refractivity contribution in [1.82, 2.24) is 4.90 Å². The van der Waals surface area contributed by atoms with E-state index in [9.17, 15) is 4.79 Å². The Morgan fingerprint density at radius 3 is 2.31 bits per heavy atom. The Kier molecular flexibility index (Phi) is 6.97. The fraction of sp³-hybridized carbons (Fsp3) is 0.900. The molecule has 0 aliphatic carbocycles. The van der Waals surface area contributed by atoms with Gasteiger partial charge in [0, 0.05) is 0 Å². The molecule has 0 aromatic heterocycles. The van der Waals surface area contributed by atoms with Gasteiger partial charge in [-0.25, -0.2) is 0 Å². The van der Waals surface area contributed by atoms with Crippen molar-refractivity contribution in [2.24, 2.45) is 0 Å². The lowest BCUT2D eigenvalue weighted by atomic mass is 9.94. The molecular formula is C10H20BNO. The zero-order valence-corrected chi connectivity index (χ0v) is 9.05. The first-order valence-electron chi connectivity index (χ1n) is 5.17. The van der Waals surface area contributed by atoms with Crippen molar-refractivity contribution in [3.63, 3.8) is 0 Å². The third-order valence-electron chi connectivity index (χ3n) is 2.32. The highest BCUT2D eigenvalue weighted by Gasteiger charge is 2.19. The van der Waals surface area contributed by atoms with Gasteiger partial charge in [0.05, 0.1) is 13.9 Å². The third kappa shape index (κ3) is 3.94. The van der Waals surface area contributed by atoms with E-state index in [2.05, 4.69) is 18.7 Å². The van der Waals surface area contributed by atoms with E-state index in [0.29, 0.717) is 0 Å². The van der Waals surface area contributed by atoms with Crippen molar-refractivity contribution in [1.29, 1.82) is 0 Å². The van der Waals surface area contributed by atoms with Gasteiger partial charge >= 0.3 is 0 Å². The second-order valence-electron chi connectivity index (χ2n) is 3.22. The van der Waals surface area contributed by atoms with E-state index in [1.807, 2.05) is 6.92 Å². The molecule has 74 valence electrons. The van der Waals surface area contributed by atoms with E-state index in [1.54, 1.807) is 0 Å². The molecule has 3 heteroatoms. The summed E-state index contributed by atoms with van der Waals surface area (Å²) in [5, 5.41) is 0. The summed E-state index contributed by atoms with van der Waals surface area (Å²) >= 11 is 0. The number of rotatable bonds is 7. The number of likely N-dealkylation sites (N-methyl/N-ethyl adjacent to an activating group) is 1. The average Bonchev–Trinajstić information content (AvgIpc) is 2.17. The van der Waals surface area contributed by atoms with Crippen molar-refractivity contribution in [2.45, 2.75) is 46.0 Å². The highest BCUT2D eigenvalue weighted by molar-refractivity contribution is 6.21. The van der Waals surface area contributed by atoms with Crippen LogP contribution in [0, 0.1) is 0 Å². The average molecular weight is 181 g/mol. The van der Waals surface area contributed by atoms with Crippen molar-refractivity contribution < 1.29 is 4.79 Å². The minimum absolute atomic E-state index is 0.0370. The fourth-order valence-corrected chi connectivity index (χ4v) is 1.65. The van der Waals surface area contributed by atoms with Gasteiger partial charge in [0.1, 0.15) is 5.78 Å². The van der Waals surface area contributed by atoms with Crippen LogP contribution in [0.3, 0.4) is 0 Å². The molecule has 0 saturated heterocycles. The topological polar surface area (TPSA) is 20.3 Å². The van der Waals surface area contributed by atoms with Crippen LogP contribution in [-0.4, -0.2) is 37.7 Å². The normalized spacial score (nSPS) is 13.2. The molecule has 13 heavy (non-hydrogen) atoms. The van der Waals surface area contributed by atoms with Crippen molar-refractivity contribution in [3.05, 3.63) is 0 Å². The van der Waals surface area contributed by atoms with Crippen LogP contribution in [0.2, 0.25) is 6.32 Å². The number of carbonyl (C=O) groups is 1. The summed E-state index contributed by atoms with van der Waals surface area (Å²) < 4.78 is 0. The van der Waals surface area contributed by atoms with E-state index in [0.717, 1.165) is 25.9 Å². The van der Waals surface area contributed by atoms with Gasteiger partial charge < -0.3 is 0 Å². The van der Waals surface area contributed by atoms with Gasteiger partial charge in [0.2, 0.25) is 0 Å². The second kappa shape index (κ2) is 7.13. The molecule has 0 aromatic rings. The van der Waals surface area contributed by atoms with Crippen LogP contribution in [0.25, 0.3) is 0 Å². The molecule has 0 N–H and O–H groups in total. The lowest BCUT2D eigenvalue weighted by molar-refractivity contribution is -0.122. The summed E-state index contributed by atoms with van der Waals surface area (Å²) in [6.07, 6.45) is 2.12. The molecule has 1 unspecified atom stereocenters. The Labute approximate surface area is 83.1 Å². The zero-order valence-electron chi connectivity index (χ0n) is 9.05. The summed E-state index contributed by atoms with van der Waals surface area (Å²) in [6, 6.07) is 0.0370. The van der Waals surface area contributed by atoms with Crippen LogP contribution in [-0.2, 0) is 4.79 Å². The molecule has 0 bridgehead atoms. The summed E-state index contributed by atoms with van der Waals surface area (Å²) in [5.41, 5.74) is 0. The third-order valence-corrected chi connectivity index (χ3v) is 2.32. The highest BCUT2D eigenvalue weighted by atomic mass is 16.1.